The molecule has 1 aromatic heterocycles. The molecule has 2 aliphatic rings. The highest BCUT2D eigenvalue weighted by Gasteiger charge is 2.42. The number of nitrogens with one attached hydrogen (secondary N) is 1. The van der Waals surface area contributed by atoms with E-state index in [4.69, 9.17) is 4.74 Å². The van der Waals surface area contributed by atoms with E-state index in [1.165, 1.54) is 24.3 Å². The summed E-state index contributed by atoms with van der Waals surface area (Å²) in [6.07, 6.45) is 3.39. The first-order valence-corrected chi connectivity index (χ1v) is 10.1. The van der Waals surface area contributed by atoms with Crippen LogP contribution in [0.1, 0.15) is 18.5 Å². The Labute approximate surface area is 178 Å². The number of hydrogen-bond donors (Lipinski definition) is 1. The first-order chi connectivity index (χ1) is 15.1. The number of carbonyl (C=O) groups is 2. The fraction of sp³-hybridized carbons (Fsp3) is 0.381. The topological polar surface area (TPSA) is 100 Å². The van der Waals surface area contributed by atoms with Crippen LogP contribution in [-0.2, 0) is 14.3 Å². The molecule has 1 aromatic carbocycles. The van der Waals surface area contributed by atoms with E-state index in [0.29, 0.717) is 43.7 Å². The molecule has 1 saturated heterocycles. The number of amides is 1. The number of aliphatic imine (C=N–C) groups is 1. The minimum absolute atomic E-state index is 0.152. The number of hydrogen-bond acceptors (Lipinski definition) is 8. The summed E-state index contributed by atoms with van der Waals surface area (Å²) < 4.78 is 18.5. The van der Waals surface area contributed by atoms with E-state index in [2.05, 4.69) is 25.2 Å². The summed E-state index contributed by atoms with van der Waals surface area (Å²) in [7, 11) is 0. The highest BCUT2D eigenvalue weighted by molar-refractivity contribution is 6.08. The number of nitrogens with zero attached hydrogens (tertiary/aromatic N) is 5. The third-order valence-electron chi connectivity index (χ3n) is 5.26. The van der Waals surface area contributed by atoms with E-state index < -0.39 is 29.7 Å². The van der Waals surface area contributed by atoms with Gasteiger partial charge in [0.25, 0.3) is 0 Å². The highest BCUT2D eigenvalue weighted by atomic mass is 19.1. The Bertz CT molecular complexity index is 961. The zero-order valence-corrected chi connectivity index (χ0v) is 17.1. The van der Waals surface area contributed by atoms with Crippen molar-refractivity contribution in [2.75, 3.05) is 37.7 Å². The van der Waals surface area contributed by atoms with Crippen molar-refractivity contribution >= 4 is 23.8 Å². The molecule has 10 heteroatoms. The molecular formula is C21H23FN6O3. The molecule has 0 radical (unpaired) electrons. The molecule has 0 saturated carbocycles. The number of carbonyl (C=O) groups excluding carboxylic acids is 2. The van der Waals surface area contributed by atoms with Crippen LogP contribution >= 0.6 is 0 Å². The zero-order chi connectivity index (χ0) is 21.8. The molecule has 31 heavy (non-hydrogen) atoms. The third-order valence-corrected chi connectivity index (χ3v) is 5.26. The number of anilines is 1. The second-order valence-corrected chi connectivity index (χ2v) is 7.19. The van der Waals surface area contributed by atoms with E-state index in [1.54, 1.807) is 25.4 Å². The molecular weight excluding hydrogens is 403 g/mol. The minimum Gasteiger partial charge on any atom is -0.465 e. The van der Waals surface area contributed by atoms with Gasteiger partial charge in [0.1, 0.15) is 11.9 Å². The zero-order valence-electron chi connectivity index (χ0n) is 17.1. The van der Waals surface area contributed by atoms with Crippen molar-refractivity contribution < 1.29 is 18.7 Å². The summed E-state index contributed by atoms with van der Waals surface area (Å²) in [5.74, 6) is -1.61. The summed E-state index contributed by atoms with van der Waals surface area (Å²) in [5.41, 5.74) is 0.572. The van der Waals surface area contributed by atoms with Crippen LogP contribution in [0.15, 0.2) is 47.7 Å². The molecule has 0 spiro atoms. The number of esters is 1. The fourth-order valence-corrected chi connectivity index (χ4v) is 3.70. The molecule has 3 heterocycles. The molecule has 2 atom stereocenters. The van der Waals surface area contributed by atoms with Gasteiger partial charge in [0.05, 0.1) is 6.61 Å². The Balaban J connectivity index is 1.56. The lowest BCUT2D eigenvalue weighted by atomic mass is 9.91. The fourth-order valence-electron chi connectivity index (χ4n) is 3.70. The second kappa shape index (κ2) is 9.07. The molecule has 162 valence electrons. The third kappa shape index (κ3) is 4.47. The van der Waals surface area contributed by atoms with Crippen molar-refractivity contribution in [2.45, 2.75) is 13.0 Å². The van der Waals surface area contributed by atoms with Crippen molar-refractivity contribution in [2.24, 2.45) is 10.9 Å². The van der Waals surface area contributed by atoms with Crippen LogP contribution in [0, 0.1) is 11.7 Å². The van der Waals surface area contributed by atoms with Crippen molar-refractivity contribution in [3.63, 3.8) is 0 Å². The predicted octanol–water partition coefficient (Wildman–Crippen LogP) is 1.14. The van der Waals surface area contributed by atoms with E-state index in [0.717, 1.165) is 0 Å². The Morgan fingerprint density at radius 2 is 1.77 bits per heavy atom. The van der Waals surface area contributed by atoms with E-state index in [-0.39, 0.29) is 6.61 Å². The number of benzene rings is 1. The van der Waals surface area contributed by atoms with Crippen LogP contribution < -0.4 is 10.2 Å². The van der Waals surface area contributed by atoms with Crippen LogP contribution in [0.4, 0.5) is 10.3 Å². The summed E-state index contributed by atoms with van der Waals surface area (Å²) in [6.45, 7) is 4.33. The number of piperazine rings is 1. The standard InChI is InChI=1S/C21H23FN6O3/c1-2-31-19(30)16-17(14-4-6-15(22)7-5-14)25-21(26-18(16)29)28-12-10-27(11-13-28)20-23-8-3-9-24-20/h3-9,16-17H,2,10-13H2,1H3,(H,25,26,29)/t16-,17-/m0/s1. The smallest absolute Gasteiger partial charge is 0.321 e. The van der Waals surface area contributed by atoms with Gasteiger partial charge in [0, 0.05) is 38.6 Å². The molecule has 1 fully saturated rings. The number of ether oxygens (including phenoxy) is 1. The first-order valence-electron chi connectivity index (χ1n) is 10.1. The highest BCUT2D eigenvalue weighted by Crippen LogP contribution is 2.31. The minimum atomic E-state index is -1.13. The van der Waals surface area contributed by atoms with Gasteiger partial charge in [0.15, 0.2) is 5.92 Å². The van der Waals surface area contributed by atoms with E-state index in [9.17, 15) is 14.0 Å². The van der Waals surface area contributed by atoms with E-state index in [1.807, 2.05) is 4.90 Å². The van der Waals surface area contributed by atoms with Gasteiger partial charge in [0.2, 0.25) is 17.8 Å². The molecule has 0 unspecified atom stereocenters. The lowest BCUT2D eigenvalue weighted by molar-refractivity contribution is -0.153. The van der Waals surface area contributed by atoms with Crippen LogP contribution in [0.5, 0.6) is 0 Å². The molecule has 2 aromatic rings. The quantitative estimate of drug-likeness (QED) is 0.578. The molecule has 0 bridgehead atoms. The maximum absolute atomic E-state index is 13.4. The summed E-state index contributed by atoms with van der Waals surface area (Å²) >= 11 is 0. The van der Waals surface area contributed by atoms with Crippen molar-refractivity contribution in [3.05, 3.63) is 54.1 Å². The average molecular weight is 426 g/mol. The van der Waals surface area contributed by atoms with Gasteiger partial charge in [-0.2, -0.15) is 0 Å². The van der Waals surface area contributed by atoms with Gasteiger partial charge in [-0.15, -0.1) is 0 Å². The molecule has 1 amide bonds. The molecule has 9 nitrogen and oxygen atoms in total. The summed E-state index contributed by atoms with van der Waals surface area (Å²) in [5, 5.41) is 2.75. The lowest BCUT2D eigenvalue weighted by Gasteiger charge is -2.38. The van der Waals surface area contributed by atoms with Gasteiger partial charge in [-0.25, -0.2) is 19.4 Å². The maximum Gasteiger partial charge on any atom is 0.321 e. The lowest BCUT2D eigenvalue weighted by Crippen LogP contribution is -2.57. The van der Waals surface area contributed by atoms with Crippen LogP contribution in [0.2, 0.25) is 0 Å². The number of rotatable bonds is 4. The molecule has 1 N–H and O–H groups in total. The monoisotopic (exact) mass is 426 g/mol. The molecule has 2 aliphatic heterocycles. The predicted molar refractivity (Wildman–Crippen MR) is 111 cm³/mol. The number of halogens is 1. The van der Waals surface area contributed by atoms with Crippen molar-refractivity contribution in [1.29, 1.82) is 0 Å². The van der Waals surface area contributed by atoms with Gasteiger partial charge in [-0.1, -0.05) is 12.1 Å². The molecule has 0 aliphatic carbocycles. The Kier molecular flexibility index (Phi) is 6.06. The molecule has 4 rings (SSSR count). The van der Waals surface area contributed by atoms with Crippen LogP contribution in [-0.4, -0.2) is 65.5 Å². The normalized spacial score (nSPS) is 21.4. The summed E-state index contributed by atoms with van der Waals surface area (Å²) in [6, 6.07) is 6.63. The van der Waals surface area contributed by atoms with Crippen molar-refractivity contribution in [3.8, 4) is 0 Å². The van der Waals surface area contributed by atoms with E-state index >= 15 is 0 Å². The number of guanidine groups is 1. The van der Waals surface area contributed by atoms with Crippen LogP contribution in [0.25, 0.3) is 0 Å². The maximum atomic E-state index is 13.4. The SMILES string of the molecule is CCOC(=O)[C@@H]1C(=O)NC(N2CCN(c3ncccn3)CC2)=N[C@H]1c1ccc(F)cc1. The Morgan fingerprint density at radius 1 is 1.13 bits per heavy atom. The second-order valence-electron chi connectivity index (χ2n) is 7.19. The van der Waals surface area contributed by atoms with Gasteiger partial charge in [-0.05, 0) is 30.7 Å². The van der Waals surface area contributed by atoms with Gasteiger partial charge < -0.3 is 14.5 Å². The summed E-state index contributed by atoms with van der Waals surface area (Å²) in [4.78, 5) is 42.6. The Morgan fingerprint density at radius 3 is 2.42 bits per heavy atom. The first kappa shape index (κ1) is 20.7. The van der Waals surface area contributed by atoms with Gasteiger partial charge in [-0.3, -0.25) is 14.9 Å². The number of aromatic nitrogens is 2. The van der Waals surface area contributed by atoms with Crippen LogP contribution in [0.3, 0.4) is 0 Å². The Hall–Kier alpha value is -3.56. The van der Waals surface area contributed by atoms with Crippen molar-refractivity contribution in [1.82, 2.24) is 20.2 Å². The average Bonchev–Trinajstić information content (AvgIpc) is 2.80. The van der Waals surface area contributed by atoms with Gasteiger partial charge >= 0.3 is 5.97 Å². The largest absolute Gasteiger partial charge is 0.465 e.